The van der Waals surface area contributed by atoms with E-state index in [0.717, 1.165) is 5.69 Å². The SMILES string of the molecule is CNC(c1cn[nH]n1)C(C)C. The maximum atomic E-state index is 4.01. The van der Waals surface area contributed by atoms with E-state index in [2.05, 4.69) is 34.6 Å². The molecule has 0 fully saturated rings. The predicted molar refractivity (Wildman–Crippen MR) is 43.0 cm³/mol. The molecule has 1 rings (SSSR count). The highest BCUT2D eigenvalue weighted by Crippen LogP contribution is 2.16. The van der Waals surface area contributed by atoms with Crippen molar-refractivity contribution >= 4 is 0 Å². The van der Waals surface area contributed by atoms with Gasteiger partial charge < -0.3 is 5.32 Å². The predicted octanol–water partition coefficient (Wildman–Crippen LogP) is 0.721. The van der Waals surface area contributed by atoms with Gasteiger partial charge in [-0.05, 0) is 13.0 Å². The summed E-state index contributed by atoms with van der Waals surface area (Å²) >= 11 is 0. The molecule has 0 saturated carbocycles. The summed E-state index contributed by atoms with van der Waals surface area (Å²) in [6.45, 7) is 4.30. The van der Waals surface area contributed by atoms with Gasteiger partial charge >= 0.3 is 0 Å². The van der Waals surface area contributed by atoms with Crippen molar-refractivity contribution in [3.8, 4) is 0 Å². The molecule has 0 aromatic carbocycles. The molecule has 62 valence electrons. The van der Waals surface area contributed by atoms with Crippen LogP contribution in [0.1, 0.15) is 25.6 Å². The smallest absolute Gasteiger partial charge is 0.0996 e. The fraction of sp³-hybridized carbons (Fsp3) is 0.714. The van der Waals surface area contributed by atoms with Gasteiger partial charge in [0.1, 0.15) is 0 Å². The van der Waals surface area contributed by atoms with Crippen LogP contribution in [0.4, 0.5) is 0 Å². The Morgan fingerprint density at radius 3 is 2.64 bits per heavy atom. The maximum absolute atomic E-state index is 4.01. The molecule has 11 heavy (non-hydrogen) atoms. The standard InChI is InChI=1S/C7H14N4/c1-5(2)7(8-3)6-4-9-11-10-6/h4-5,7-8H,1-3H3,(H,9,10,11). The second-order valence-electron chi connectivity index (χ2n) is 2.91. The summed E-state index contributed by atoms with van der Waals surface area (Å²) in [5.41, 5.74) is 0.975. The summed E-state index contributed by atoms with van der Waals surface area (Å²) in [5, 5.41) is 13.5. The average molecular weight is 154 g/mol. The molecule has 0 saturated heterocycles. The van der Waals surface area contributed by atoms with Crippen molar-refractivity contribution in [2.45, 2.75) is 19.9 Å². The van der Waals surface area contributed by atoms with E-state index < -0.39 is 0 Å². The van der Waals surface area contributed by atoms with Gasteiger partial charge in [-0.1, -0.05) is 13.8 Å². The summed E-state index contributed by atoms with van der Waals surface area (Å²) in [6, 6.07) is 0.300. The Morgan fingerprint density at radius 1 is 1.55 bits per heavy atom. The lowest BCUT2D eigenvalue weighted by Crippen LogP contribution is -2.21. The van der Waals surface area contributed by atoms with Crippen LogP contribution in [0.15, 0.2) is 6.20 Å². The summed E-state index contributed by atoms with van der Waals surface area (Å²) < 4.78 is 0. The molecule has 1 unspecified atom stereocenters. The van der Waals surface area contributed by atoms with Crippen molar-refractivity contribution in [2.75, 3.05) is 7.05 Å². The molecular weight excluding hydrogens is 140 g/mol. The third kappa shape index (κ3) is 1.77. The van der Waals surface area contributed by atoms with Crippen LogP contribution in [0.2, 0.25) is 0 Å². The molecule has 0 bridgehead atoms. The third-order valence-electron chi connectivity index (χ3n) is 1.73. The van der Waals surface area contributed by atoms with Crippen LogP contribution in [0, 0.1) is 5.92 Å². The zero-order chi connectivity index (χ0) is 8.27. The first kappa shape index (κ1) is 8.20. The van der Waals surface area contributed by atoms with E-state index in [4.69, 9.17) is 0 Å². The van der Waals surface area contributed by atoms with Gasteiger partial charge in [0.15, 0.2) is 0 Å². The summed E-state index contributed by atoms with van der Waals surface area (Å²) in [5.74, 6) is 0.532. The fourth-order valence-corrected chi connectivity index (χ4v) is 1.18. The molecule has 0 spiro atoms. The Hall–Kier alpha value is -0.900. The lowest BCUT2D eigenvalue weighted by molar-refractivity contribution is 0.433. The number of hydrogen-bond donors (Lipinski definition) is 2. The molecule has 4 nitrogen and oxygen atoms in total. The molecule has 1 aromatic rings. The van der Waals surface area contributed by atoms with Gasteiger partial charge in [0.25, 0.3) is 0 Å². The second-order valence-corrected chi connectivity index (χ2v) is 2.91. The summed E-state index contributed by atoms with van der Waals surface area (Å²) in [7, 11) is 1.93. The van der Waals surface area contributed by atoms with Gasteiger partial charge in [0.2, 0.25) is 0 Å². The van der Waals surface area contributed by atoms with Crippen LogP contribution in [0.3, 0.4) is 0 Å². The largest absolute Gasteiger partial charge is 0.311 e. The van der Waals surface area contributed by atoms with E-state index in [9.17, 15) is 0 Å². The summed E-state index contributed by atoms with van der Waals surface area (Å²) in [6.07, 6.45) is 1.75. The van der Waals surface area contributed by atoms with Gasteiger partial charge in [0.05, 0.1) is 17.9 Å². The number of aromatic amines is 1. The zero-order valence-electron chi connectivity index (χ0n) is 7.13. The molecule has 0 radical (unpaired) electrons. The van der Waals surface area contributed by atoms with Crippen molar-refractivity contribution in [3.05, 3.63) is 11.9 Å². The number of H-pyrrole nitrogens is 1. The molecule has 0 aliphatic rings. The van der Waals surface area contributed by atoms with E-state index in [0.29, 0.717) is 12.0 Å². The van der Waals surface area contributed by atoms with Gasteiger partial charge in [-0.3, -0.25) is 0 Å². The molecule has 1 heterocycles. The highest BCUT2D eigenvalue weighted by atomic mass is 15.3. The van der Waals surface area contributed by atoms with Crippen LogP contribution in [0.25, 0.3) is 0 Å². The number of hydrogen-bond acceptors (Lipinski definition) is 3. The van der Waals surface area contributed by atoms with Gasteiger partial charge in [-0.15, -0.1) is 0 Å². The van der Waals surface area contributed by atoms with E-state index >= 15 is 0 Å². The maximum Gasteiger partial charge on any atom is 0.0996 e. The van der Waals surface area contributed by atoms with Crippen LogP contribution in [-0.2, 0) is 0 Å². The molecule has 2 N–H and O–H groups in total. The minimum Gasteiger partial charge on any atom is -0.311 e. The zero-order valence-corrected chi connectivity index (χ0v) is 7.13. The first-order chi connectivity index (χ1) is 5.25. The number of rotatable bonds is 3. The monoisotopic (exact) mass is 154 g/mol. The highest BCUT2D eigenvalue weighted by Gasteiger charge is 2.15. The van der Waals surface area contributed by atoms with Crippen LogP contribution >= 0.6 is 0 Å². The summed E-state index contributed by atoms with van der Waals surface area (Å²) in [4.78, 5) is 0. The number of aromatic nitrogens is 3. The first-order valence-electron chi connectivity index (χ1n) is 3.78. The highest BCUT2D eigenvalue weighted by molar-refractivity contribution is 5.00. The molecule has 1 aromatic heterocycles. The molecule has 1 atom stereocenters. The van der Waals surface area contributed by atoms with Crippen LogP contribution < -0.4 is 5.32 Å². The van der Waals surface area contributed by atoms with Crippen molar-refractivity contribution < 1.29 is 0 Å². The first-order valence-corrected chi connectivity index (χ1v) is 3.78. The lowest BCUT2D eigenvalue weighted by Gasteiger charge is -2.16. The topological polar surface area (TPSA) is 53.6 Å². The van der Waals surface area contributed by atoms with Gasteiger partial charge in [-0.25, -0.2) is 0 Å². The van der Waals surface area contributed by atoms with E-state index in [1.54, 1.807) is 6.20 Å². The Balaban J connectivity index is 2.71. The minimum atomic E-state index is 0.300. The van der Waals surface area contributed by atoms with Crippen molar-refractivity contribution in [2.24, 2.45) is 5.92 Å². The second kappa shape index (κ2) is 3.48. The minimum absolute atomic E-state index is 0.300. The van der Waals surface area contributed by atoms with Crippen molar-refractivity contribution in [1.82, 2.24) is 20.7 Å². The van der Waals surface area contributed by atoms with Crippen LogP contribution in [-0.4, -0.2) is 22.5 Å². The molecule has 0 aliphatic heterocycles. The number of nitrogens with zero attached hydrogens (tertiary/aromatic N) is 2. The molecule has 0 aliphatic carbocycles. The van der Waals surface area contributed by atoms with Gasteiger partial charge in [0, 0.05) is 0 Å². The Bertz CT molecular complexity index is 192. The Labute approximate surface area is 66.4 Å². The van der Waals surface area contributed by atoms with Crippen molar-refractivity contribution in [1.29, 1.82) is 0 Å². The Kier molecular flexibility index (Phi) is 2.59. The molecule has 0 amide bonds. The molecular formula is C7H14N4. The fourth-order valence-electron chi connectivity index (χ4n) is 1.18. The van der Waals surface area contributed by atoms with E-state index in [-0.39, 0.29) is 0 Å². The van der Waals surface area contributed by atoms with Crippen LogP contribution in [0.5, 0.6) is 0 Å². The normalized spacial score (nSPS) is 13.8. The number of nitrogens with one attached hydrogen (secondary N) is 2. The van der Waals surface area contributed by atoms with Crippen molar-refractivity contribution in [3.63, 3.8) is 0 Å². The molecule has 4 heteroatoms. The van der Waals surface area contributed by atoms with E-state index in [1.807, 2.05) is 7.05 Å². The quantitative estimate of drug-likeness (QED) is 0.674. The third-order valence-corrected chi connectivity index (χ3v) is 1.73. The lowest BCUT2D eigenvalue weighted by atomic mass is 10.0. The van der Waals surface area contributed by atoms with E-state index in [1.165, 1.54) is 0 Å². The van der Waals surface area contributed by atoms with Gasteiger partial charge in [-0.2, -0.15) is 15.4 Å². The average Bonchev–Trinajstić information content (AvgIpc) is 2.40. The Morgan fingerprint density at radius 2 is 2.27 bits per heavy atom.